The molecule has 0 atom stereocenters. The van der Waals surface area contributed by atoms with Crippen LogP contribution >= 0.6 is 27.5 Å². The second-order valence-corrected chi connectivity index (χ2v) is 6.67. The molecule has 0 aliphatic heterocycles. The summed E-state index contributed by atoms with van der Waals surface area (Å²) >= 11 is 9.24. The van der Waals surface area contributed by atoms with Crippen molar-refractivity contribution < 1.29 is 8.42 Å². The van der Waals surface area contributed by atoms with Crippen LogP contribution < -0.4 is 10.5 Å². The van der Waals surface area contributed by atoms with E-state index in [0.29, 0.717) is 21.7 Å². The van der Waals surface area contributed by atoms with Gasteiger partial charge in [-0.25, -0.2) is 13.6 Å². The lowest BCUT2D eigenvalue weighted by molar-refractivity contribution is 0.598. The van der Waals surface area contributed by atoms with Crippen molar-refractivity contribution in [1.82, 2.24) is 0 Å². The summed E-state index contributed by atoms with van der Waals surface area (Å²) in [6, 6.07) is 11.9. The standard InChI is InChI=1S/C13H12BrClN2O2S/c14-8-9-4-5-13(20(16,18)19)12(6-9)17-11-3-1-2-10(15)7-11/h1-7,17H,8H2,(H2,16,18,19). The Hall–Kier alpha value is -1.08. The van der Waals surface area contributed by atoms with Gasteiger partial charge in [0.25, 0.3) is 0 Å². The maximum atomic E-state index is 11.6. The van der Waals surface area contributed by atoms with Gasteiger partial charge in [0.1, 0.15) is 4.90 Å². The van der Waals surface area contributed by atoms with E-state index in [4.69, 9.17) is 16.7 Å². The number of anilines is 2. The lowest BCUT2D eigenvalue weighted by Gasteiger charge is -2.12. The number of benzene rings is 2. The highest BCUT2D eigenvalue weighted by Crippen LogP contribution is 2.27. The third-order valence-electron chi connectivity index (χ3n) is 2.61. The zero-order valence-electron chi connectivity index (χ0n) is 10.3. The van der Waals surface area contributed by atoms with E-state index in [9.17, 15) is 8.42 Å². The van der Waals surface area contributed by atoms with Gasteiger partial charge in [0.2, 0.25) is 10.0 Å². The van der Waals surface area contributed by atoms with Crippen LogP contribution in [0.3, 0.4) is 0 Å². The molecule has 0 radical (unpaired) electrons. The van der Waals surface area contributed by atoms with Crippen molar-refractivity contribution in [3.63, 3.8) is 0 Å². The molecule has 0 unspecified atom stereocenters. The third-order valence-corrected chi connectivity index (χ3v) is 4.46. The Morgan fingerprint density at radius 2 is 1.95 bits per heavy atom. The zero-order chi connectivity index (χ0) is 14.8. The first-order chi connectivity index (χ1) is 9.40. The van der Waals surface area contributed by atoms with Gasteiger partial charge in [-0.15, -0.1) is 0 Å². The first-order valence-corrected chi connectivity index (χ1v) is 8.69. The molecule has 0 amide bonds. The quantitative estimate of drug-likeness (QED) is 0.802. The molecular formula is C13H12BrClN2O2S. The molecule has 0 saturated carbocycles. The molecule has 7 heteroatoms. The van der Waals surface area contributed by atoms with Crippen LogP contribution in [-0.4, -0.2) is 8.42 Å². The number of nitrogens with two attached hydrogens (primary N) is 1. The summed E-state index contributed by atoms with van der Waals surface area (Å²) in [4.78, 5) is 0.0437. The molecule has 0 aromatic heterocycles. The van der Waals surface area contributed by atoms with Gasteiger partial charge < -0.3 is 5.32 Å². The number of hydrogen-bond donors (Lipinski definition) is 2. The highest BCUT2D eigenvalue weighted by molar-refractivity contribution is 9.08. The number of hydrogen-bond acceptors (Lipinski definition) is 3. The summed E-state index contributed by atoms with van der Waals surface area (Å²) in [6.07, 6.45) is 0. The summed E-state index contributed by atoms with van der Waals surface area (Å²) in [6.45, 7) is 0. The molecule has 3 N–H and O–H groups in total. The van der Waals surface area contributed by atoms with E-state index in [-0.39, 0.29) is 4.90 Å². The summed E-state index contributed by atoms with van der Waals surface area (Å²) in [5.74, 6) is 0. The van der Waals surface area contributed by atoms with Crippen LogP contribution in [0.25, 0.3) is 0 Å². The highest BCUT2D eigenvalue weighted by Gasteiger charge is 2.14. The number of rotatable bonds is 4. The van der Waals surface area contributed by atoms with E-state index < -0.39 is 10.0 Å². The van der Waals surface area contributed by atoms with Gasteiger partial charge in [-0.3, -0.25) is 0 Å². The number of halogens is 2. The molecule has 0 aliphatic carbocycles. The molecule has 0 aliphatic rings. The minimum atomic E-state index is -3.80. The minimum Gasteiger partial charge on any atom is -0.354 e. The summed E-state index contributed by atoms with van der Waals surface area (Å²) in [5, 5.41) is 9.43. The van der Waals surface area contributed by atoms with Crippen molar-refractivity contribution in [3.8, 4) is 0 Å². The lowest BCUT2D eigenvalue weighted by Crippen LogP contribution is -2.14. The van der Waals surface area contributed by atoms with E-state index in [1.807, 2.05) is 0 Å². The summed E-state index contributed by atoms with van der Waals surface area (Å²) in [5.41, 5.74) is 2.04. The predicted octanol–water partition coefficient (Wildman–Crippen LogP) is 3.63. The van der Waals surface area contributed by atoms with Gasteiger partial charge in [-0.05, 0) is 35.9 Å². The van der Waals surface area contributed by atoms with Crippen LogP contribution in [-0.2, 0) is 15.4 Å². The van der Waals surface area contributed by atoms with Crippen molar-refractivity contribution >= 4 is 48.9 Å². The zero-order valence-corrected chi connectivity index (χ0v) is 13.5. The molecule has 2 rings (SSSR count). The summed E-state index contributed by atoms with van der Waals surface area (Å²) in [7, 11) is -3.80. The van der Waals surface area contributed by atoms with E-state index >= 15 is 0 Å². The van der Waals surface area contributed by atoms with E-state index in [1.54, 1.807) is 36.4 Å². The van der Waals surface area contributed by atoms with Crippen molar-refractivity contribution in [1.29, 1.82) is 0 Å². The van der Waals surface area contributed by atoms with E-state index in [1.165, 1.54) is 6.07 Å². The van der Waals surface area contributed by atoms with Crippen LogP contribution in [0, 0.1) is 0 Å². The summed E-state index contributed by atoms with van der Waals surface area (Å²) < 4.78 is 23.2. The Morgan fingerprint density at radius 3 is 2.55 bits per heavy atom. The fraction of sp³-hybridized carbons (Fsp3) is 0.0769. The van der Waals surface area contributed by atoms with E-state index in [0.717, 1.165) is 5.56 Å². The van der Waals surface area contributed by atoms with Crippen LogP contribution in [0.1, 0.15) is 5.56 Å². The van der Waals surface area contributed by atoms with Crippen molar-refractivity contribution in [2.75, 3.05) is 5.32 Å². The molecule has 0 fully saturated rings. The maximum Gasteiger partial charge on any atom is 0.240 e. The van der Waals surface area contributed by atoms with Crippen LogP contribution in [0.2, 0.25) is 5.02 Å². The Morgan fingerprint density at radius 1 is 1.20 bits per heavy atom. The number of alkyl halides is 1. The second-order valence-electron chi connectivity index (χ2n) is 4.14. The minimum absolute atomic E-state index is 0.0437. The molecule has 2 aromatic rings. The molecule has 0 saturated heterocycles. The van der Waals surface area contributed by atoms with Gasteiger partial charge in [0.05, 0.1) is 5.69 Å². The highest BCUT2D eigenvalue weighted by atomic mass is 79.9. The van der Waals surface area contributed by atoms with Gasteiger partial charge in [0, 0.05) is 16.0 Å². The topological polar surface area (TPSA) is 72.2 Å². The largest absolute Gasteiger partial charge is 0.354 e. The second kappa shape index (κ2) is 6.13. The van der Waals surface area contributed by atoms with Gasteiger partial charge in [0.15, 0.2) is 0 Å². The average Bonchev–Trinajstić information content (AvgIpc) is 2.37. The normalized spacial score (nSPS) is 11.3. The molecule has 2 aromatic carbocycles. The van der Waals surface area contributed by atoms with E-state index in [2.05, 4.69) is 21.2 Å². The Bertz CT molecular complexity index is 735. The molecule has 106 valence electrons. The smallest absolute Gasteiger partial charge is 0.240 e. The maximum absolute atomic E-state index is 11.6. The number of sulfonamides is 1. The Kier molecular flexibility index (Phi) is 4.70. The van der Waals surface area contributed by atoms with Crippen molar-refractivity contribution in [2.24, 2.45) is 5.14 Å². The molecule has 20 heavy (non-hydrogen) atoms. The molecule has 4 nitrogen and oxygen atoms in total. The fourth-order valence-electron chi connectivity index (χ4n) is 1.73. The predicted molar refractivity (Wildman–Crippen MR) is 85.2 cm³/mol. The molecule has 0 bridgehead atoms. The van der Waals surface area contributed by atoms with Crippen LogP contribution in [0.15, 0.2) is 47.4 Å². The SMILES string of the molecule is NS(=O)(=O)c1ccc(CBr)cc1Nc1cccc(Cl)c1. The molecule has 0 heterocycles. The fourth-order valence-corrected chi connectivity index (χ4v) is 2.94. The third kappa shape index (κ3) is 3.73. The number of nitrogens with one attached hydrogen (secondary N) is 1. The lowest BCUT2D eigenvalue weighted by atomic mass is 10.2. The van der Waals surface area contributed by atoms with Gasteiger partial charge >= 0.3 is 0 Å². The van der Waals surface area contributed by atoms with Crippen molar-refractivity contribution in [2.45, 2.75) is 10.2 Å². The monoisotopic (exact) mass is 374 g/mol. The first-order valence-electron chi connectivity index (χ1n) is 5.64. The van der Waals surface area contributed by atoms with Crippen LogP contribution in [0.4, 0.5) is 11.4 Å². The van der Waals surface area contributed by atoms with Crippen LogP contribution in [0.5, 0.6) is 0 Å². The van der Waals surface area contributed by atoms with Crippen molar-refractivity contribution in [3.05, 3.63) is 53.1 Å². The Balaban J connectivity index is 2.48. The first kappa shape index (κ1) is 15.3. The molecular weight excluding hydrogens is 364 g/mol. The Labute approximate surface area is 131 Å². The average molecular weight is 376 g/mol. The number of primary sulfonamides is 1. The van der Waals surface area contributed by atoms with Gasteiger partial charge in [-0.1, -0.05) is 39.7 Å². The van der Waals surface area contributed by atoms with Gasteiger partial charge in [-0.2, -0.15) is 0 Å². The molecule has 0 spiro atoms.